The summed E-state index contributed by atoms with van der Waals surface area (Å²) in [7, 11) is -0.943. The summed E-state index contributed by atoms with van der Waals surface area (Å²) in [6.45, 7) is 11.5. The van der Waals surface area contributed by atoms with Gasteiger partial charge in [0.2, 0.25) is 10.0 Å². The largest absolute Gasteiger partial charge is 0.464 e. The fourth-order valence-corrected chi connectivity index (χ4v) is 10.7. The van der Waals surface area contributed by atoms with Gasteiger partial charge < -0.3 is 31.9 Å². The number of anilines is 3. The molecule has 9 aromatic heterocycles. The van der Waals surface area contributed by atoms with E-state index in [1.807, 2.05) is 100 Å². The Hall–Kier alpha value is -12.5. The third-order valence-corrected chi connectivity index (χ3v) is 15.8. The normalized spacial score (nSPS) is 10.6. The second kappa shape index (κ2) is 36.3. The van der Waals surface area contributed by atoms with E-state index in [1.165, 1.54) is 57.8 Å². The number of hydrogen-bond donors (Lipinski definition) is 11. The third-order valence-electron chi connectivity index (χ3n) is 14.4. The van der Waals surface area contributed by atoms with Crippen molar-refractivity contribution in [3.8, 4) is 94.1 Å². The summed E-state index contributed by atoms with van der Waals surface area (Å²) in [6, 6.07) is 27.8. The molecule has 0 aliphatic carbocycles. The summed E-state index contributed by atoms with van der Waals surface area (Å²) in [6.07, 6.45) is 13.3. The number of nitrogen functional groups attached to an aromatic ring is 3. The van der Waals surface area contributed by atoms with Gasteiger partial charge in [-0.25, -0.2) is 57.8 Å². The smallest absolute Gasteiger partial charge is 0.360 e. The monoisotopic (exact) mass is 1580 g/mol. The van der Waals surface area contributed by atoms with Gasteiger partial charge in [-0.2, -0.15) is 0 Å². The van der Waals surface area contributed by atoms with E-state index in [0.29, 0.717) is 89.2 Å². The Bertz CT molecular complexity index is 5950. The third kappa shape index (κ3) is 20.7. The number of fused-ring (bicyclic) bond motifs is 4. The number of nitrogens with one attached hydrogen (secondary N) is 3. The summed E-state index contributed by atoms with van der Waals surface area (Å²) in [5, 5.41) is 37.9. The number of hydrogen-bond acceptors (Lipinski definition) is 28. The zero-order chi connectivity index (χ0) is 77.1. The maximum Gasteiger partial charge on any atom is 0.360 e. The van der Waals surface area contributed by atoms with E-state index in [4.69, 9.17) is 33.1 Å². The van der Waals surface area contributed by atoms with E-state index < -0.39 is 30.1 Å². The van der Waals surface area contributed by atoms with Crippen molar-refractivity contribution in [3.63, 3.8) is 0 Å². The predicted molar refractivity (Wildman–Crippen MR) is 416 cm³/mol. The fraction of sp³-hybridized carbons (Fsp3) is 0.149. The average molecular weight is 1580 g/mol. The number of ether oxygens (including phenoxy) is 1. The first-order valence-electron chi connectivity index (χ1n) is 31.5. The van der Waals surface area contributed by atoms with Crippen molar-refractivity contribution in [2.75, 3.05) is 43.7 Å². The van der Waals surface area contributed by atoms with Crippen molar-refractivity contribution in [3.05, 3.63) is 159 Å². The van der Waals surface area contributed by atoms with Crippen molar-refractivity contribution in [1.29, 1.82) is 0 Å². The molecule has 0 saturated carbocycles. The zero-order valence-electron chi connectivity index (χ0n) is 58.1. The van der Waals surface area contributed by atoms with Crippen LogP contribution in [0.25, 0.3) is 90.2 Å². The minimum Gasteiger partial charge on any atom is -0.464 e. The van der Waals surface area contributed by atoms with Crippen molar-refractivity contribution in [2.45, 2.75) is 41.3 Å². The van der Waals surface area contributed by atoms with Gasteiger partial charge in [-0.05, 0) is 71.1 Å². The molecule has 4 aromatic carbocycles. The first kappa shape index (κ1) is 78.6. The topological polar surface area (TPSA) is 504 Å². The van der Waals surface area contributed by atoms with Gasteiger partial charge in [0.15, 0.2) is 34.8 Å². The standard InChI is InChI=1S/C18H16B2N6O2.C16H16N6O2S.C15H12B2BrN5O2.C12H10BrN5.C6H7N3O2/c1-12-5-6-14-15(10-12)26(20(2)28)18(25-14)16-17(19-23-8-9-27)22-11-13(24-16)4-3-7-21;1-10-5-6-12-13(8-10)22-16(21-12)14-15(17)18-9-11(20-14)4-3-7-19-25(2,23)24;1-9-3-4-10-11(7-9)23(17(2)25)15(21-10)13-14(16-20-5-6-24)19-8-12(18)22-13;1-6-2-3-7-8(4-6)17-12(16-7)10-11(14)15-5-9(13)18-10;1-11-6(10)4-5(7)9-3-2-8-4/h5-6,10-11,27-28H,7,21H2,1-2H3;5-6,8-9,19H,7H2,1-2H3,(H2,17,18)(H,21,22);3-4,7-8,24-25H,1-2H3;2-5H,1H3,(H2,14,15)(H,16,17);2-3H,1H3,(H2,7,9). The molecule has 0 aliphatic rings. The van der Waals surface area contributed by atoms with Crippen LogP contribution < -0.4 is 38.8 Å². The molecule has 13 rings (SSSR count). The summed E-state index contributed by atoms with van der Waals surface area (Å²) in [5.74, 6) is 13.1. The number of carbonyl (C=O) groups is 1. The molecule has 0 aliphatic heterocycles. The molecule has 0 spiro atoms. The molecule has 33 nitrogen and oxygen atoms in total. The number of aryl methyl sites for hydroxylation is 4. The Morgan fingerprint density at radius 2 is 1.02 bits per heavy atom. The van der Waals surface area contributed by atoms with Crippen LogP contribution in [0.4, 0.5) is 17.5 Å². The molecule has 0 fully saturated rings. The van der Waals surface area contributed by atoms with Crippen LogP contribution in [-0.2, 0) is 14.8 Å². The van der Waals surface area contributed by atoms with E-state index >= 15 is 0 Å². The van der Waals surface area contributed by atoms with Gasteiger partial charge >= 0.3 is 321 Å². The molecule has 0 atom stereocenters. The van der Waals surface area contributed by atoms with Gasteiger partial charge in [0.1, 0.15) is 21.7 Å². The van der Waals surface area contributed by atoms with Gasteiger partial charge in [-0.15, -0.1) is 0 Å². The molecule has 534 valence electrons. The number of halogens is 2. The molecule has 0 bridgehead atoms. The van der Waals surface area contributed by atoms with E-state index in [0.717, 1.165) is 61.6 Å². The number of esters is 1. The van der Waals surface area contributed by atoms with Crippen LogP contribution in [0.3, 0.4) is 0 Å². The van der Waals surface area contributed by atoms with Gasteiger partial charge in [0.25, 0.3) is 0 Å². The molecule has 107 heavy (non-hydrogen) atoms. The van der Waals surface area contributed by atoms with Gasteiger partial charge in [-0.1, -0.05) is 18.1 Å². The summed E-state index contributed by atoms with van der Waals surface area (Å²) >= 11 is 6.59. The quantitative estimate of drug-likeness (QED) is 0.0481. The number of imidazole rings is 4. The molecule has 13 aromatic rings. The molecule has 0 unspecified atom stereocenters. The summed E-state index contributed by atoms with van der Waals surface area (Å²) in [4.78, 5) is 84.7. The molecule has 15 N–H and O–H groups in total. The van der Waals surface area contributed by atoms with Gasteiger partial charge in [-0.3, -0.25) is 0 Å². The van der Waals surface area contributed by atoms with Crippen LogP contribution in [0.15, 0.2) is 129 Å². The second-order valence-electron chi connectivity index (χ2n) is 22.5. The van der Waals surface area contributed by atoms with E-state index in [9.17, 15) is 23.3 Å². The Labute approximate surface area is 629 Å². The fourth-order valence-electron chi connectivity index (χ4n) is 9.80. The first-order chi connectivity index (χ1) is 51.3. The Balaban J connectivity index is 0.000000158. The van der Waals surface area contributed by atoms with Gasteiger partial charge in [0.05, 0.1) is 54.4 Å². The number of H-pyrrole nitrogens is 2. The molecule has 0 saturated heterocycles. The van der Waals surface area contributed by atoms with Crippen molar-refractivity contribution in [2.24, 2.45) is 15.5 Å². The SMILES string of the molecule is CB(O)n1c(-c2nc(Br)cnc2B=NC#CO)nc2ccc(C)cc21.CB(O)n1c(-c2nc(C#CCN)cnc2B=NC#CO)nc2ccc(C)cc21.COC(=O)c1nccnc1N.Cc1ccc2nc(-c3nc(Br)cnc3N)[nH]c2c1.Cc1ccc2nc(-c3nc(C#CCNS(C)(=O)=O)cnc3N)[nH]c2c1. The molecular weight excluding hydrogens is 1520 g/mol. The number of methoxy groups -OCH3 is 1. The van der Waals surface area contributed by atoms with E-state index in [1.54, 1.807) is 41.0 Å². The number of carbonyl (C=O) groups excluding carboxylic acids is 1. The molecule has 0 amide bonds. The van der Waals surface area contributed by atoms with Crippen molar-refractivity contribution >= 4 is 149 Å². The predicted octanol–water partition coefficient (Wildman–Crippen LogP) is 4.53. The molecule has 9 heterocycles. The van der Waals surface area contributed by atoms with Crippen LogP contribution in [0, 0.1) is 75.7 Å². The Kier molecular flexibility index (Phi) is 26.6. The number of nitrogens with zero attached hydrogens (tertiary/aromatic N) is 18. The number of aliphatic hydroxyl groups excluding tert-OH is 2. The van der Waals surface area contributed by atoms with Crippen molar-refractivity contribution in [1.82, 2.24) is 93.4 Å². The number of aromatic amines is 2. The van der Waals surface area contributed by atoms with E-state index in [2.05, 4.69) is 167 Å². The van der Waals surface area contributed by atoms with Crippen LogP contribution in [0.5, 0.6) is 0 Å². The number of aliphatic hydroxyl groups is 2. The van der Waals surface area contributed by atoms with Crippen LogP contribution in [0.2, 0.25) is 13.6 Å². The molecule has 40 heteroatoms. The van der Waals surface area contributed by atoms with E-state index in [-0.39, 0.29) is 30.4 Å². The maximum atomic E-state index is 11.0. The molecular formula is C67H61B4Br2N25O8S. The summed E-state index contributed by atoms with van der Waals surface area (Å²) in [5.41, 5.74) is 36.8. The Morgan fingerprint density at radius 3 is 1.50 bits per heavy atom. The number of nitrogens with two attached hydrogens (primary N) is 4. The number of sulfonamides is 1. The maximum absolute atomic E-state index is 11.0. The number of aromatic nitrogens is 18. The minimum atomic E-state index is -3.28. The van der Waals surface area contributed by atoms with Crippen molar-refractivity contribution < 1.29 is 38.2 Å². The number of rotatable bonds is 11. The number of benzene rings is 4. The average Bonchev–Trinajstić information content (AvgIpc) is 1.63. The first-order valence-corrected chi connectivity index (χ1v) is 34.9. The molecule has 0 radical (unpaired) electrons. The van der Waals surface area contributed by atoms with Crippen LogP contribution in [-0.4, -0.2) is 178 Å². The zero-order valence-corrected chi connectivity index (χ0v) is 62.0. The van der Waals surface area contributed by atoms with Gasteiger partial charge in [0, 0.05) is 12.4 Å². The summed E-state index contributed by atoms with van der Waals surface area (Å²) < 4.78 is 33.2. The van der Waals surface area contributed by atoms with Crippen LogP contribution >= 0.6 is 31.9 Å². The van der Waals surface area contributed by atoms with Crippen LogP contribution in [0.1, 0.15) is 44.1 Å². The second-order valence-corrected chi connectivity index (χ2v) is 26.0. The Morgan fingerprint density at radius 1 is 0.589 bits per heavy atom. The minimum absolute atomic E-state index is 0.00978.